The standard InChI is InChI=1S/C20H19ClFN3O2/c21-18-4-2-1-3-15(18)5-10-19(26)24-11-13-25(14-12-24)20(27)23-17-8-6-16(22)7-9-17/h1-10H,11-14H2,(H,23,27). The van der Waals surface area contributed by atoms with Gasteiger partial charge in [-0.2, -0.15) is 0 Å². The van der Waals surface area contributed by atoms with Crippen LogP contribution in [0.2, 0.25) is 5.02 Å². The molecule has 1 aliphatic heterocycles. The molecule has 0 saturated carbocycles. The van der Waals surface area contributed by atoms with Crippen LogP contribution in [-0.4, -0.2) is 47.9 Å². The number of benzene rings is 2. The van der Waals surface area contributed by atoms with E-state index in [4.69, 9.17) is 11.6 Å². The lowest BCUT2D eigenvalue weighted by Gasteiger charge is -2.34. The fourth-order valence-electron chi connectivity index (χ4n) is 2.74. The van der Waals surface area contributed by atoms with Gasteiger partial charge in [0.05, 0.1) is 0 Å². The Hall–Kier alpha value is -2.86. The molecule has 7 heteroatoms. The molecular weight excluding hydrogens is 369 g/mol. The summed E-state index contributed by atoms with van der Waals surface area (Å²) in [6.07, 6.45) is 3.19. The molecule has 0 bridgehead atoms. The van der Waals surface area contributed by atoms with Crippen LogP contribution in [0.5, 0.6) is 0 Å². The molecule has 0 unspecified atom stereocenters. The van der Waals surface area contributed by atoms with Crippen molar-refractivity contribution in [3.63, 3.8) is 0 Å². The first-order chi connectivity index (χ1) is 13.0. The van der Waals surface area contributed by atoms with E-state index in [1.807, 2.05) is 18.2 Å². The normalized spacial score (nSPS) is 14.4. The molecule has 3 rings (SSSR count). The Morgan fingerprint density at radius 2 is 1.59 bits per heavy atom. The molecule has 0 aromatic heterocycles. The number of hydrogen-bond acceptors (Lipinski definition) is 2. The Morgan fingerprint density at radius 1 is 0.963 bits per heavy atom. The molecule has 0 spiro atoms. The van der Waals surface area contributed by atoms with Gasteiger partial charge in [-0.1, -0.05) is 29.8 Å². The van der Waals surface area contributed by atoms with E-state index in [-0.39, 0.29) is 17.8 Å². The first-order valence-electron chi connectivity index (χ1n) is 8.56. The summed E-state index contributed by atoms with van der Waals surface area (Å²) in [6, 6.07) is 12.6. The van der Waals surface area contributed by atoms with E-state index in [1.54, 1.807) is 21.9 Å². The van der Waals surface area contributed by atoms with E-state index in [0.29, 0.717) is 36.9 Å². The second-order valence-corrected chi connectivity index (χ2v) is 6.51. The maximum atomic E-state index is 12.9. The molecule has 2 aromatic rings. The van der Waals surface area contributed by atoms with Gasteiger partial charge in [-0.05, 0) is 42.0 Å². The zero-order chi connectivity index (χ0) is 19.2. The number of nitrogens with one attached hydrogen (secondary N) is 1. The summed E-state index contributed by atoms with van der Waals surface area (Å²) in [7, 11) is 0. The average Bonchev–Trinajstić information content (AvgIpc) is 2.69. The number of rotatable bonds is 3. The van der Waals surface area contributed by atoms with E-state index >= 15 is 0 Å². The minimum Gasteiger partial charge on any atom is -0.336 e. The average molecular weight is 388 g/mol. The maximum Gasteiger partial charge on any atom is 0.321 e. The Kier molecular flexibility index (Phi) is 6.08. The fraction of sp³-hybridized carbons (Fsp3) is 0.200. The van der Waals surface area contributed by atoms with Crippen molar-refractivity contribution in [2.45, 2.75) is 0 Å². The highest BCUT2D eigenvalue weighted by Gasteiger charge is 2.23. The molecule has 140 valence electrons. The Morgan fingerprint density at radius 3 is 2.26 bits per heavy atom. The van der Waals surface area contributed by atoms with E-state index < -0.39 is 0 Å². The van der Waals surface area contributed by atoms with Gasteiger partial charge in [-0.15, -0.1) is 0 Å². The van der Waals surface area contributed by atoms with Gasteiger partial charge in [0.1, 0.15) is 5.82 Å². The number of urea groups is 1. The summed E-state index contributed by atoms with van der Waals surface area (Å²) < 4.78 is 12.9. The lowest BCUT2D eigenvalue weighted by molar-refractivity contribution is -0.127. The van der Waals surface area contributed by atoms with Crippen LogP contribution in [0.3, 0.4) is 0 Å². The summed E-state index contributed by atoms with van der Waals surface area (Å²) in [5, 5.41) is 3.31. The van der Waals surface area contributed by atoms with Gasteiger partial charge in [0.15, 0.2) is 0 Å². The number of anilines is 1. The third-order valence-electron chi connectivity index (χ3n) is 4.28. The topological polar surface area (TPSA) is 52.7 Å². The summed E-state index contributed by atoms with van der Waals surface area (Å²) in [5.41, 5.74) is 1.31. The molecular formula is C20H19ClFN3O2. The van der Waals surface area contributed by atoms with Gasteiger partial charge in [0, 0.05) is 43.0 Å². The fourth-order valence-corrected chi connectivity index (χ4v) is 2.94. The number of piperazine rings is 1. The molecule has 2 aromatic carbocycles. The van der Waals surface area contributed by atoms with Crippen molar-refractivity contribution in [1.82, 2.24) is 9.80 Å². The molecule has 3 amide bonds. The third-order valence-corrected chi connectivity index (χ3v) is 4.63. The lowest BCUT2D eigenvalue weighted by atomic mass is 10.2. The van der Waals surface area contributed by atoms with E-state index in [1.165, 1.54) is 30.3 Å². The molecule has 0 aliphatic carbocycles. The van der Waals surface area contributed by atoms with Gasteiger partial charge in [-0.3, -0.25) is 4.79 Å². The second kappa shape index (κ2) is 8.68. The maximum absolute atomic E-state index is 12.9. The predicted octanol–water partition coefficient (Wildman–Crippen LogP) is 3.87. The van der Waals surface area contributed by atoms with Gasteiger partial charge in [-0.25, -0.2) is 9.18 Å². The quantitative estimate of drug-likeness (QED) is 0.813. The van der Waals surface area contributed by atoms with Crippen LogP contribution in [0, 0.1) is 5.82 Å². The highest BCUT2D eigenvalue weighted by Crippen LogP contribution is 2.16. The van der Waals surface area contributed by atoms with Crippen LogP contribution in [0.1, 0.15) is 5.56 Å². The van der Waals surface area contributed by atoms with Crippen molar-refractivity contribution in [2.75, 3.05) is 31.5 Å². The molecule has 1 fully saturated rings. The van der Waals surface area contributed by atoms with E-state index in [9.17, 15) is 14.0 Å². The van der Waals surface area contributed by atoms with Crippen LogP contribution in [0.25, 0.3) is 6.08 Å². The van der Waals surface area contributed by atoms with Crippen molar-refractivity contribution in [1.29, 1.82) is 0 Å². The number of hydrogen-bond donors (Lipinski definition) is 1. The van der Waals surface area contributed by atoms with E-state index in [2.05, 4.69) is 5.32 Å². The van der Waals surface area contributed by atoms with Crippen molar-refractivity contribution in [3.05, 3.63) is 71.0 Å². The lowest BCUT2D eigenvalue weighted by Crippen LogP contribution is -2.51. The number of halogens is 2. The number of amides is 3. The highest BCUT2D eigenvalue weighted by atomic mass is 35.5. The van der Waals surface area contributed by atoms with Gasteiger partial charge in [0.2, 0.25) is 5.91 Å². The molecule has 27 heavy (non-hydrogen) atoms. The van der Waals surface area contributed by atoms with Crippen molar-refractivity contribution in [3.8, 4) is 0 Å². The molecule has 1 heterocycles. The molecule has 1 saturated heterocycles. The summed E-state index contributed by atoms with van der Waals surface area (Å²) in [6.45, 7) is 1.75. The summed E-state index contributed by atoms with van der Waals surface area (Å²) >= 11 is 6.07. The third kappa shape index (κ3) is 5.08. The Bertz CT molecular complexity index is 847. The largest absolute Gasteiger partial charge is 0.336 e. The van der Waals surface area contributed by atoms with Gasteiger partial charge < -0.3 is 15.1 Å². The van der Waals surface area contributed by atoms with Crippen LogP contribution < -0.4 is 5.32 Å². The minimum atomic E-state index is -0.357. The smallest absolute Gasteiger partial charge is 0.321 e. The second-order valence-electron chi connectivity index (χ2n) is 6.10. The van der Waals surface area contributed by atoms with Gasteiger partial charge >= 0.3 is 6.03 Å². The van der Waals surface area contributed by atoms with Crippen LogP contribution in [0.15, 0.2) is 54.6 Å². The molecule has 1 N–H and O–H groups in total. The molecule has 1 aliphatic rings. The Balaban J connectivity index is 1.50. The zero-order valence-corrected chi connectivity index (χ0v) is 15.3. The summed E-state index contributed by atoms with van der Waals surface area (Å²) in [4.78, 5) is 27.9. The van der Waals surface area contributed by atoms with Crippen LogP contribution in [0.4, 0.5) is 14.9 Å². The first-order valence-corrected chi connectivity index (χ1v) is 8.94. The minimum absolute atomic E-state index is 0.117. The van der Waals surface area contributed by atoms with Crippen molar-refractivity contribution >= 4 is 35.3 Å². The number of carbonyl (C=O) groups excluding carboxylic acids is 2. The SMILES string of the molecule is O=C(C=Cc1ccccc1Cl)N1CCN(C(=O)Nc2ccc(F)cc2)CC1. The van der Waals surface area contributed by atoms with Crippen molar-refractivity contribution < 1.29 is 14.0 Å². The molecule has 0 atom stereocenters. The predicted molar refractivity (Wildman–Crippen MR) is 104 cm³/mol. The molecule has 0 radical (unpaired) electrons. The summed E-state index contributed by atoms with van der Waals surface area (Å²) in [5.74, 6) is -0.474. The van der Waals surface area contributed by atoms with E-state index in [0.717, 1.165) is 5.56 Å². The zero-order valence-electron chi connectivity index (χ0n) is 14.6. The van der Waals surface area contributed by atoms with Crippen molar-refractivity contribution in [2.24, 2.45) is 0 Å². The van der Waals surface area contributed by atoms with Crippen LogP contribution >= 0.6 is 11.6 Å². The highest BCUT2D eigenvalue weighted by molar-refractivity contribution is 6.32. The van der Waals surface area contributed by atoms with Crippen LogP contribution in [-0.2, 0) is 4.79 Å². The van der Waals surface area contributed by atoms with Gasteiger partial charge in [0.25, 0.3) is 0 Å². The number of carbonyl (C=O) groups is 2. The Labute approximate surface area is 162 Å². The first kappa shape index (κ1) is 18.9. The monoisotopic (exact) mass is 387 g/mol. The number of nitrogens with zero attached hydrogens (tertiary/aromatic N) is 2. The molecule has 5 nitrogen and oxygen atoms in total.